The molecular weight excluding hydrogens is 304 g/mol. The zero-order valence-corrected chi connectivity index (χ0v) is 12.2. The van der Waals surface area contributed by atoms with Crippen LogP contribution in [0.4, 0.5) is 8.78 Å². The largest absolute Gasteiger partial charge is 0.339 e. The highest BCUT2D eigenvalue weighted by molar-refractivity contribution is 9.10. The number of benzene rings is 1. The molecule has 0 spiro atoms. The number of hydrogen-bond acceptors (Lipinski definition) is 1. The molecule has 0 heterocycles. The van der Waals surface area contributed by atoms with Gasteiger partial charge in [-0.25, -0.2) is 8.78 Å². The molecule has 1 aromatic rings. The molecule has 0 aliphatic carbocycles. The van der Waals surface area contributed by atoms with E-state index in [0.29, 0.717) is 0 Å². The summed E-state index contributed by atoms with van der Waals surface area (Å²) >= 11 is 2.98. The fourth-order valence-electron chi connectivity index (χ4n) is 1.73. The Balaban J connectivity index is 3.04. The van der Waals surface area contributed by atoms with Crippen molar-refractivity contribution in [3.8, 4) is 0 Å². The minimum Gasteiger partial charge on any atom is -0.339 e. The first-order valence-electron chi connectivity index (χ1n) is 5.80. The Morgan fingerprint density at radius 2 is 1.89 bits per heavy atom. The highest BCUT2D eigenvalue weighted by atomic mass is 79.9. The van der Waals surface area contributed by atoms with Crippen LogP contribution in [0.3, 0.4) is 0 Å². The number of hydrogen-bond donors (Lipinski definition) is 0. The van der Waals surface area contributed by atoms with Crippen molar-refractivity contribution in [2.24, 2.45) is 0 Å². The Kier molecular flexibility index (Phi) is 5.26. The monoisotopic (exact) mass is 319 g/mol. The van der Waals surface area contributed by atoms with Gasteiger partial charge in [-0.3, -0.25) is 4.79 Å². The van der Waals surface area contributed by atoms with Gasteiger partial charge in [0.05, 0.1) is 0 Å². The summed E-state index contributed by atoms with van der Waals surface area (Å²) in [4.78, 5) is 13.4. The van der Waals surface area contributed by atoms with Crippen molar-refractivity contribution in [1.29, 1.82) is 0 Å². The molecule has 1 aromatic carbocycles. The predicted molar refractivity (Wildman–Crippen MR) is 70.5 cm³/mol. The van der Waals surface area contributed by atoms with Crippen LogP contribution in [0.25, 0.3) is 0 Å². The molecule has 1 atom stereocenters. The van der Waals surface area contributed by atoms with Crippen LogP contribution in [-0.2, 0) is 0 Å². The molecule has 1 amide bonds. The van der Waals surface area contributed by atoms with Crippen LogP contribution in [0.5, 0.6) is 0 Å². The van der Waals surface area contributed by atoms with Crippen molar-refractivity contribution in [2.75, 3.05) is 7.05 Å². The molecule has 0 aliphatic rings. The second-order valence-electron chi connectivity index (χ2n) is 4.30. The minimum atomic E-state index is -0.845. The van der Waals surface area contributed by atoms with Crippen LogP contribution in [0.1, 0.15) is 37.0 Å². The van der Waals surface area contributed by atoms with Crippen molar-refractivity contribution in [1.82, 2.24) is 4.90 Å². The lowest BCUT2D eigenvalue weighted by molar-refractivity contribution is 0.0727. The third-order valence-corrected chi connectivity index (χ3v) is 3.37. The first-order valence-corrected chi connectivity index (χ1v) is 6.59. The van der Waals surface area contributed by atoms with Crippen LogP contribution in [0.2, 0.25) is 0 Å². The van der Waals surface area contributed by atoms with Crippen LogP contribution >= 0.6 is 15.9 Å². The summed E-state index contributed by atoms with van der Waals surface area (Å²) in [5.74, 6) is -2.32. The van der Waals surface area contributed by atoms with Crippen molar-refractivity contribution >= 4 is 21.8 Å². The van der Waals surface area contributed by atoms with Gasteiger partial charge in [0.25, 0.3) is 5.91 Å². The van der Waals surface area contributed by atoms with Crippen LogP contribution in [0.15, 0.2) is 16.6 Å². The van der Waals surface area contributed by atoms with Gasteiger partial charge >= 0.3 is 0 Å². The normalized spacial score (nSPS) is 12.3. The zero-order valence-electron chi connectivity index (χ0n) is 10.6. The standard InChI is InChI=1S/C13H16BrF2NO/c1-4-5-8(2)17(3)13(18)12-10(15)6-9(14)7-11(12)16/h6-8H,4-5H2,1-3H3. The molecule has 0 saturated heterocycles. The van der Waals surface area contributed by atoms with E-state index in [-0.39, 0.29) is 10.5 Å². The van der Waals surface area contributed by atoms with E-state index in [0.717, 1.165) is 25.0 Å². The van der Waals surface area contributed by atoms with Gasteiger partial charge in [0.15, 0.2) is 0 Å². The topological polar surface area (TPSA) is 20.3 Å². The first-order chi connectivity index (χ1) is 8.38. The van der Waals surface area contributed by atoms with Crippen LogP contribution in [0, 0.1) is 11.6 Å². The number of amides is 1. The highest BCUT2D eigenvalue weighted by Crippen LogP contribution is 2.21. The third-order valence-electron chi connectivity index (χ3n) is 2.91. The Bertz CT molecular complexity index is 428. The molecule has 0 aliphatic heterocycles. The summed E-state index contributed by atoms with van der Waals surface area (Å²) < 4.78 is 27.6. The van der Waals surface area contributed by atoms with Gasteiger partial charge in [0.2, 0.25) is 0 Å². The third kappa shape index (κ3) is 3.28. The number of halogens is 3. The Labute approximate surface area is 114 Å². The van der Waals surface area contributed by atoms with Crippen molar-refractivity contribution < 1.29 is 13.6 Å². The molecule has 0 fully saturated rings. The highest BCUT2D eigenvalue weighted by Gasteiger charge is 2.24. The predicted octanol–water partition coefficient (Wildman–Crippen LogP) is 3.99. The number of carbonyl (C=O) groups excluding carboxylic acids is 1. The van der Waals surface area contributed by atoms with E-state index in [4.69, 9.17) is 0 Å². The quantitative estimate of drug-likeness (QED) is 0.821. The van der Waals surface area contributed by atoms with E-state index in [2.05, 4.69) is 15.9 Å². The van der Waals surface area contributed by atoms with E-state index < -0.39 is 23.1 Å². The molecule has 1 rings (SSSR count). The Morgan fingerprint density at radius 3 is 2.33 bits per heavy atom. The summed E-state index contributed by atoms with van der Waals surface area (Å²) in [6.45, 7) is 3.85. The van der Waals surface area contributed by atoms with Gasteiger partial charge in [-0.05, 0) is 25.5 Å². The van der Waals surface area contributed by atoms with Gasteiger partial charge in [0.1, 0.15) is 17.2 Å². The van der Waals surface area contributed by atoms with E-state index in [1.54, 1.807) is 7.05 Å². The van der Waals surface area contributed by atoms with E-state index in [1.807, 2.05) is 13.8 Å². The lowest BCUT2D eigenvalue weighted by Gasteiger charge is -2.25. The summed E-state index contributed by atoms with van der Waals surface area (Å²) in [6, 6.07) is 2.13. The van der Waals surface area contributed by atoms with Gasteiger partial charge in [-0.2, -0.15) is 0 Å². The van der Waals surface area contributed by atoms with Crippen molar-refractivity contribution in [3.63, 3.8) is 0 Å². The smallest absolute Gasteiger partial charge is 0.259 e. The van der Waals surface area contributed by atoms with Gasteiger partial charge in [-0.1, -0.05) is 29.3 Å². The molecule has 0 aromatic heterocycles. The van der Waals surface area contributed by atoms with Gasteiger partial charge in [0, 0.05) is 17.6 Å². The molecule has 5 heteroatoms. The minimum absolute atomic E-state index is 0.0510. The second-order valence-corrected chi connectivity index (χ2v) is 5.21. The van der Waals surface area contributed by atoms with Crippen LogP contribution < -0.4 is 0 Å². The molecule has 0 saturated carbocycles. The second kappa shape index (κ2) is 6.27. The first kappa shape index (κ1) is 15.1. The molecular formula is C13H16BrF2NO. The fraction of sp³-hybridized carbons (Fsp3) is 0.462. The molecule has 1 unspecified atom stereocenters. The molecule has 2 nitrogen and oxygen atoms in total. The maximum Gasteiger partial charge on any atom is 0.259 e. The maximum atomic E-state index is 13.7. The lowest BCUT2D eigenvalue weighted by Crippen LogP contribution is -2.36. The van der Waals surface area contributed by atoms with E-state index in [9.17, 15) is 13.6 Å². The number of rotatable bonds is 4. The van der Waals surface area contributed by atoms with E-state index >= 15 is 0 Å². The fourth-order valence-corrected chi connectivity index (χ4v) is 2.14. The van der Waals surface area contributed by atoms with Crippen LogP contribution in [-0.4, -0.2) is 23.9 Å². The van der Waals surface area contributed by atoms with Gasteiger partial charge in [-0.15, -0.1) is 0 Å². The summed E-state index contributed by atoms with van der Waals surface area (Å²) in [5, 5.41) is 0. The summed E-state index contributed by atoms with van der Waals surface area (Å²) in [6.07, 6.45) is 1.70. The molecule has 18 heavy (non-hydrogen) atoms. The average molecular weight is 320 g/mol. The SMILES string of the molecule is CCCC(C)N(C)C(=O)c1c(F)cc(Br)cc1F. The Morgan fingerprint density at radius 1 is 1.39 bits per heavy atom. The molecule has 0 bridgehead atoms. The molecule has 100 valence electrons. The lowest BCUT2D eigenvalue weighted by atomic mass is 10.1. The number of nitrogens with zero attached hydrogens (tertiary/aromatic N) is 1. The molecule has 0 N–H and O–H groups in total. The van der Waals surface area contributed by atoms with Gasteiger partial charge < -0.3 is 4.90 Å². The van der Waals surface area contributed by atoms with Crippen molar-refractivity contribution in [3.05, 3.63) is 33.8 Å². The number of carbonyl (C=O) groups is 1. The van der Waals surface area contributed by atoms with Crippen molar-refractivity contribution in [2.45, 2.75) is 32.7 Å². The van der Waals surface area contributed by atoms with E-state index in [1.165, 1.54) is 4.90 Å². The molecule has 0 radical (unpaired) electrons. The summed E-state index contributed by atoms with van der Waals surface area (Å²) in [5.41, 5.74) is -0.497. The summed E-state index contributed by atoms with van der Waals surface area (Å²) in [7, 11) is 1.56. The average Bonchev–Trinajstić information content (AvgIpc) is 2.26. The maximum absolute atomic E-state index is 13.7. The Hall–Kier alpha value is -0.970. The zero-order chi connectivity index (χ0) is 13.9.